The molecule has 0 atom stereocenters. The third-order valence-corrected chi connectivity index (χ3v) is 2.41. The molecule has 1 aromatic heterocycles. The van der Waals surface area contributed by atoms with Gasteiger partial charge in [-0.15, -0.1) is 0 Å². The second-order valence-electron chi connectivity index (χ2n) is 3.44. The van der Waals surface area contributed by atoms with Gasteiger partial charge in [0.05, 0.1) is 12.8 Å². The molecule has 3 heteroatoms. The molecule has 14 heavy (non-hydrogen) atoms. The van der Waals surface area contributed by atoms with E-state index in [1.54, 1.807) is 6.26 Å². The lowest BCUT2D eigenvalue weighted by Gasteiger charge is -2.18. The number of hydrogen-bond acceptors (Lipinski definition) is 3. The van der Waals surface area contributed by atoms with E-state index < -0.39 is 0 Å². The van der Waals surface area contributed by atoms with Gasteiger partial charge in [-0.05, 0) is 25.6 Å². The lowest BCUT2D eigenvalue weighted by atomic mass is 10.2. The molecule has 1 heterocycles. The highest BCUT2D eigenvalue weighted by atomic mass is 16.3. The Morgan fingerprint density at radius 2 is 2.21 bits per heavy atom. The molecule has 1 rings (SSSR count). The van der Waals surface area contributed by atoms with Crippen molar-refractivity contribution in [2.24, 2.45) is 5.73 Å². The minimum Gasteiger partial charge on any atom is -0.468 e. The molecule has 0 fully saturated rings. The normalized spacial score (nSPS) is 11.1. The van der Waals surface area contributed by atoms with Crippen LogP contribution in [0.2, 0.25) is 0 Å². The average molecular weight is 196 g/mol. The van der Waals surface area contributed by atoms with Crippen molar-refractivity contribution < 1.29 is 4.42 Å². The Morgan fingerprint density at radius 1 is 1.43 bits per heavy atom. The van der Waals surface area contributed by atoms with Crippen LogP contribution in [-0.2, 0) is 13.1 Å². The van der Waals surface area contributed by atoms with Crippen molar-refractivity contribution in [1.29, 1.82) is 0 Å². The van der Waals surface area contributed by atoms with Crippen molar-refractivity contribution in [2.75, 3.05) is 13.1 Å². The van der Waals surface area contributed by atoms with Crippen molar-refractivity contribution in [3.05, 3.63) is 23.7 Å². The van der Waals surface area contributed by atoms with E-state index in [4.69, 9.17) is 10.2 Å². The van der Waals surface area contributed by atoms with Crippen molar-refractivity contribution in [1.82, 2.24) is 4.90 Å². The van der Waals surface area contributed by atoms with E-state index in [2.05, 4.69) is 18.7 Å². The second kappa shape index (κ2) is 5.83. The Kier molecular flexibility index (Phi) is 4.70. The summed E-state index contributed by atoms with van der Waals surface area (Å²) < 4.78 is 5.41. The van der Waals surface area contributed by atoms with Gasteiger partial charge in [0.2, 0.25) is 0 Å². The first-order chi connectivity index (χ1) is 6.81. The van der Waals surface area contributed by atoms with Gasteiger partial charge < -0.3 is 10.2 Å². The largest absolute Gasteiger partial charge is 0.468 e. The molecule has 0 saturated heterocycles. The van der Waals surface area contributed by atoms with Crippen molar-refractivity contribution in [3.8, 4) is 0 Å². The van der Waals surface area contributed by atoms with Gasteiger partial charge in [-0.2, -0.15) is 0 Å². The Balaban J connectivity index is 2.56. The Bertz CT molecular complexity index is 258. The molecule has 0 aliphatic carbocycles. The van der Waals surface area contributed by atoms with E-state index in [1.165, 1.54) is 6.42 Å². The lowest BCUT2D eigenvalue weighted by Crippen LogP contribution is -2.24. The minimum atomic E-state index is 0.565. The maximum absolute atomic E-state index is 5.61. The van der Waals surface area contributed by atoms with Gasteiger partial charge in [0.25, 0.3) is 0 Å². The van der Waals surface area contributed by atoms with Gasteiger partial charge in [-0.25, -0.2) is 0 Å². The van der Waals surface area contributed by atoms with Gasteiger partial charge >= 0.3 is 0 Å². The fourth-order valence-electron chi connectivity index (χ4n) is 1.56. The van der Waals surface area contributed by atoms with E-state index in [-0.39, 0.29) is 0 Å². The first-order valence-corrected chi connectivity index (χ1v) is 5.29. The van der Waals surface area contributed by atoms with Crippen molar-refractivity contribution in [2.45, 2.75) is 33.4 Å². The van der Waals surface area contributed by atoms with Crippen LogP contribution in [0.15, 0.2) is 16.7 Å². The van der Waals surface area contributed by atoms with Crippen LogP contribution in [0.1, 0.15) is 31.6 Å². The predicted molar refractivity (Wildman–Crippen MR) is 57.8 cm³/mol. The van der Waals surface area contributed by atoms with Gasteiger partial charge in [0, 0.05) is 12.1 Å². The highest BCUT2D eigenvalue weighted by Gasteiger charge is 2.08. The molecule has 0 spiro atoms. The topological polar surface area (TPSA) is 42.4 Å². The molecule has 0 unspecified atom stereocenters. The summed E-state index contributed by atoms with van der Waals surface area (Å²) in [6, 6.07) is 1.95. The summed E-state index contributed by atoms with van der Waals surface area (Å²) in [6.07, 6.45) is 2.89. The minimum absolute atomic E-state index is 0.565. The number of furan rings is 1. The smallest absolute Gasteiger partial charge is 0.122 e. The van der Waals surface area contributed by atoms with E-state index >= 15 is 0 Å². The molecular weight excluding hydrogens is 176 g/mol. The summed E-state index contributed by atoms with van der Waals surface area (Å²) in [6.45, 7) is 7.97. The van der Waals surface area contributed by atoms with E-state index in [0.29, 0.717) is 6.54 Å². The highest BCUT2D eigenvalue weighted by Crippen LogP contribution is 2.12. The fourth-order valence-corrected chi connectivity index (χ4v) is 1.56. The molecule has 0 aliphatic rings. The average Bonchev–Trinajstić information content (AvgIpc) is 2.64. The summed E-state index contributed by atoms with van der Waals surface area (Å²) in [5.41, 5.74) is 6.73. The number of nitrogens with two attached hydrogens (primary N) is 1. The quantitative estimate of drug-likeness (QED) is 0.756. The molecule has 2 N–H and O–H groups in total. The van der Waals surface area contributed by atoms with Crippen LogP contribution in [0.25, 0.3) is 0 Å². The van der Waals surface area contributed by atoms with E-state index in [9.17, 15) is 0 Å². The highest BCUT2D eigenvalue weighted by molar-refractivity contribution is 5.16. The van der Waals surface area contributed by atoms with Gasteiger partial charge in [0.1, 0.15) is 5.76 Å². The zero-order valence-electron chi connectivity index (χ0n) is 9.12. The summed E-state index contributed by atoms with van der Waals surface area (Å²) in [7, 11) is 0. The van der Waals surface area contributed by atoms with Crippen LogP contribution in [0.4, 0.5) is 0 Å². The van der Waals surface area contributed by atoms with Crippen LogP contribution in [0, 0.1) is 0 Å². The monoisotopic (exact) mass is 196 g/mol. The van der Waals surface area contributed by atoms with Crippen LogP contribution >= 0.6 is 0 Å². The van der Waals surface area contributed by atoms with Gasteiger partial charge in [-0.1, -0.05) is 13.8 Å². The molecule has 0 aliphatic heterocycles. The first kappa shape index (κ1) is 11.3. The maximum atomic E-state index is 5.61. The van der Waals surface area contributed by atoms with Crippen LogP contribution in [0.3, 0.4) is 0 Å². The standard InChI is InChI=1S/C11H20N2O/c1-3-6-13(4-2)9-11-10(8-12)5-7-14-11/h5,7H,3-4,6,8-9,12H2,1-2H3. The van der Waals surface area contributed by atoms with Crippen LogP contribution < -0.4 is 5.73 Å². The summed E-state index contributed by atoms with van der Waals surface area (Å²) in [5.74, 6) is 1.02. The molecular formula is C11H20N2O. The van der Waals surface area contributed by atoms with E-state index in [0.717, 1.165) is 31.0 Å². The summed E-state index contributed by atoms with van der Waals surface area (Å²) in [4.78, 5) is 2.36. The lowest BCUT2D eigenvalue weighted by molar-refractivity contribution is 0.255. The van der Waals surface area contributed by atoms with Gasteiger partial charge in [0.15, 0.2) is 0 Å². The zero-order chi connectivity index (χ0) is 10.4. The molecule has 0 saturated carbocycles. The first-order valence-electron chi connectivity index (χ1n) is 5.29. The number of hydrogen-bond donors (Lipinski definition) is 1. The predicted octanol–water partition coefficient (Wildman–Crippen LogP) is 1.97. The SMILES string of the molecule is CCCN(CC)Cc1occc1CN. The van der Waals surface area contributed by atoms with Crippen molar-refractivity contribution in [3.63, 3.8) is 0 Å². The summed E-state index contributed by atoms with van der Waals surface area (Å²) >= 11 is 0. The van der Waals surface area contributed by atoms with Gasteiger partial charge in [-0.3, -0.25) is 4.90 Å². The summed E-state index contributed by atoms with van der Waals surface area (Å²) in [5, 5.41) is 0. The van der Waals surface area contributed by atoms with Crippen molar-refractivity contribution >= 4 is 0 Å². The molecule has 0 aromatic carbocycles. The maximum Gasteiger partial charge on any atom is 0.122 e. The Labute approximate surface area is 85.9 Å². The molecule has 0 bridgehead atoms. The third kappa shape index (κ3) is 2.86. The molecule has 0 amide bonds. The second-order valence-corrected chi connectivity index (χ2v) is 3.44. The van der Waals surface area contributed by atoms with Crippen LogP contribution in [0.5, 0.6) is 0 Å². The Hall–Kier alpha value is -0.800. The number of nitrogens with zero attached hydrogens (tertiary/aromatic N) is 1. The molecule has 80 valence electrons. The number of rotatable bonds is 6. The molecule has 3 nitrogen and oxygen atoms in total. The Morgan fingerprint density at radius 3 is 2.79 bits per heavy atom. The van der Waals surface area contributed by atoms with E-state index in [1.807, 2.05) is 6.07 Å². The fraction of sp³-hybridized carbons (Fsp3) is 0.636. The zero-order valence-corrected chi connectivity index (χ0v) is 9.12. The molecule has 0 radical (unpaired) electrons. The van der Waals surface area contributed by atoms with Crippen LogP contribution in [-0.4, -0.2) is 18.0 Å². The molecule has 1 aromatic rings. The third-order valence-electron chi connectivity index (χ3n) is 2.41.